The van der Waals surface area contributed by atoms with Crippen molar-refractivity contribution in [2.75, 3.05) is 6.61 Å². The molecule has 2 N–H and O–H groups in total. The smallest absolute Gasteiger partial charge is 0.122 e. The fourth-order valence-electron chi connectivity index (χ4n) is 2.11. The first-order valence-corrected chi connectivity index (χ1v) is 7.13. The molecule has 1 aromatic rings. The molecular formula is C13H22N2OS. The van der Waals surface area contributed by atoms with Crippen molar-refractivity contribution < 1.29 is 4.74 Å². The van der Waals surface area contributed by atoms with Crippen LogP contribution in [0.2, 0.25) is 0 Å². The fourth-order valence-corrected chi connectivity index (χ4v) is 3.43. The number of thiazole rings is 1. The maximum atomic E-state index is 6.24. The molecule has 0 saturated carbocycles. The van der Waals surface area contributed by atoms with Crippen molar-refractivity contribution >= 4 is 11.3 Å². The molecule has 1 aliphatic rings. The van der Waals surface area contributed by atoms with Crippen molar-refractivity contribution in [1.29, 1.82) is 0 Å². The third-order valence-corrected chi connectivity index (χ3v) is 4.51. The van der Waals surface area contributed by atoms with Crippen LogP contribution in [0.1, 0.15) is 68.1 Å². The number of hydrogen-bond acceptors (Lipinski definition) is 4. The molecule has 4 heteroatoms. The first-order chi connectivity index (χ1) is 7.89. The van der Waals surface area contributed by atoms with Crippen LogP contribution < -0.4 is 5.73 Å². The highest BCUT2D eigenvalue weighted by molar-refractivity contribution is 7.12. The molecule has 96 valence electrons. The third-order valence-electron chi connectivity index (χ3n) is 3.01. The van der Waals surface area contributed by atoms with Gasteiger partial charge in [-0.3, -0.25) is 0 Å². The Bertz CT molecular complexity index is 387. The van der Waals surface area contributed by atoms with E-state index in [2.05, 4.69) is 13.8 Å². The number of nitrogens with zero attached hydrogens (tertiary/aromatic N) is 1. The van der Waals surface area contributed by atoms with Gasteiger partial charge in [-0.05, 0) is 32.6 Å². The van der Waals surface area contributed by atoms with Gasteiger partial charge in [0.1, 0.15) is 11.1 Å². The zero-order valence-corrected chi connectivity index (χ0v) is 11.9. The fraction of sp³-hybridized carbons (Fsp3) is 0.769. The summed E-state index contributed by atoms with van der Waals surface area (Å²) in [6, 6.07) is 0. The standard InChI is InChI=1S/C13H22N2OS/c1-8(2)10-11(13(3,4)14)17-12(15-10)9-6-5-7-16-9/h8-9H,5-7,14H2,1-4H3. The molecule has 17 heavy (non-hydrogen) atoms. The Kier molecular flexibility index (Phi) is 3.57. The largest absolute Gasteiger partial charge is 0.371 e. The summed E-state index contributed by atoms with van der Waals surface area (Å²) in [6.07, 6.45) is 2.44. The summed E-state index contributed by atoms with van der Waals surface area (Å²) in [5.74, 6) is 0.416. The molecule has 2 heterocycles. The summed E-state index contributed by atoms with van der Waals surface area (Å²) in [5, 5.41) is 1.11. The highest BCUT2D eigenvalue weighted by atomic mass is 32.1. The molecule has 0 aliphatic carbocycles. The van der Waals surface area contributed by atoms with Gasteiger partial charge in [-0.25, -0.2) is 4.98 Å². The number of aromatic nitrogens is 1. The molecule has 0 amide bonds. The van der Waals surface area contributed by atoms with Crippen LogP contribution in [0.5, 0.6) is 0 Å². The maximum Gasteiger partial charge on any atom is 0.122 e. The molecule has 0 radical (unpaired) electrons. The second-order valence-corrected chi connectivity index (χ2v) is 6.68. The van der Waals surface area contributed by atoms with Crippen molar-refractivity contribution in [1.82, 2.24) is 4.98 Å². The Balaban J connectivity index is 2.37. The van der Waals surface area contributed by atoms with E-state index in [-0.39, 0.29) is 11.6 Å². The third kappa shape index (κ3) is 2.69. The van der Waals surface area contributed by atoms with Crippen LogP contribution in [0, 0.1) is 0 Å². The summed E-state index contributed by atoms with van der Waals surface area (Å²) in [6.45, 7) is 9.30. The molecule has 3 nitrogen and oxygen atoms in total. The summed E-state index contributed by atoms with van der Waals surface area (Å²) >= 11 is 1.73. The van der Waals surface area contributed by atoms with E-state index in [0.717, 1.165) is 30.2 Å². The highest BCUT2D eigenvalue weighted by Crippen LogP contribution is 2.38. The molecule has 1 aromatic heterocycles. The van der Waals surface area contributed by atoms with Gasteiger partial charge in [0, 0.05) is 17.0 Å². The molecule has 0 aromatic carbocycles. The predicted octanol–water partition coefficient (Wildman–Crippen LogP) is 3.31. The second kappa shape index (κ2) is 4.67. The van der Waals surface area contributed by atoms with Crippen LogP contribution in [0.4, 0.5) is 0 Å². The van der Waals surface area contributed by atoms with E-state index < -0.39 is 0 Å². The molecule has 1 fully saturated rings. The predicted molar refractivity (Wildman–Crippen MR) is 71.3 cm³/mol. The Morgan fingerprint density at radius 2 is 2.18 bits per heavy atom. The van der Waals surface area contributed by atoms with Crippen LogP contribution in [0.25, 0.3) is 0 Å². The van der Waals surface area contributed by atoms with E-state index in [1.54, 1.807) is 11.3 Å². The first-order valence-electron chi connectivity index (χ1n) is 6.31. The quantitative estimate of drug-likeness (QED) is 0.900. The lowest BCUT2D eigenvalue weighted by atomic mass is 9.98. The normalized spacial score (nSPS) is 21.4. The van der Waals surface area contributed by atoms with E-state index in [1.165, 1.54) is 4.88 Å². The Morgan fingerprint density at radius 1 is 1.47 bits per heavy atom. The van der Waals surface area contributed by atoms with E-state index in [4.69, 9.17) is 15.5 Å². The van der Waals surface area contributed by atoms with Gasteiger partial charge < -0.3 is 10.5 Å². The van der Waals surface area contributed by atoms with Crippen molar-refractivity contribution in [2.45, 2.75) is 58.1 Å². The lowest BCUT2D eigenvalue weighted by Crippen LogP contribution is -2.28. The molecule has 0 bridgehead atoms. The van der Waals surface area contributed by atoms with E-state index in [9.17, 15) is 0 Å². The lowest BCUT2D eigenvalue weighted by molar-refractivity contribution is 0.111. The summed E-state index contributed by atoms with van der Waals surface area (Å²) in [4.78, 5) is 5.98. The van der Waals surface area contributed by atoms with E-state index >= 15 is 0 Å². The summed E-state index contributed by atoms with van der Waals surface area (Å²) in [5.41, 5.74) is 7.07. The van der Waals surface area contributed by atoms with Gasteiger partial charge in [0.05, 0.1) is 5.69 Å². The minimum absolute atomic E-state index is 0.202. The highest BCUT2D eigenvalue weighted by Gasteiger charge is 2.29. The van der Waals surface area contributed by atoms with Crippen molar-refractivity contribution in [2.24, 2.45) is 5.73 Å². The summed E-state index contributed by atoms with van der Waals surface area (Å²) < 4.78 is 5.71. The number of rotatable bonds is 3. The van der Waals surface area contributed by atoms with Gasteiger partial charge in [-0.15, -0.1) is 11.3 Å². The lowest BCUT2D eigenvalue weighted by Gasteiger charge is -2.19. The monoisotopic (exact) mass is 254 g/mol. The van der Waals surface area contributed by atoms with Crippen molar-refractivity contribution in [3.8, 4) is 0 Å². The van der Waals surface area contributed by atoms with Crippen LogP contribution in [0.15, 0.2) is 0 Å². The van der Waals surface area contributed by atoms with Gasteiger partial charge in [-0.1, -0.05) is 13.8 Å². The Hall–Kier alpha value is -0.450. The zero-order valence-electron chi connectivity index (χ0n) is 11.1. The topological polar surface area (TPSA) is 48.1 Å². The van der Waals surface area contributed by atoms with E-state index in [0.29, 0.717) is 5.92 Å². The van der Waals surface area contributed by atoms with Crippen LogP contribution in [-0.4, -0.2) is 11.6 Å². The van der Waals surface area contributed by atoms with Gasteiger partial charge in [0.15, 0.2) is 0 Å². The molecule has 1 saturated heterocycles. The van der Waals surface area contributed by atoms with Gasteiger partial charge in [0.25, 0.3) is 0 Å². The van der Waals surface area contributed by atoms with Crippen molar-refractivity contribution in [3.05, 3.63) is 15.6 Å². The van der Waals surface area contributed by atoms with Gasteiger partial charge >= 0.3 is 0 Å². The average Bonchev–Trinajstić information content (AvgIpc) is 2.85. The molecular weight excluding hydrogens is 232 g/mol. The second-order valence-electron chi connectivity index (χ2n) is 5.64. The SMILES string of the molecule is CC(C)c1nc(C2CCCO2)sc1C(C)(C)N. The van der Waals surface area contributed by atoms with Crippen LogP contribution >= 0.6 is 11.3 Å². The van der Waals surface area contributed by atoms with Gasteiger partial charge in [-0.2, -0.15) is 0 Å². The minimum Gasteiger partial charge on any atom is -0.371 e. The summed E-state index contributed by atoms with van der Waals surface area (Å²) in [7, 11) is 0. The number of hydrogen-bond donors (Lipinski definition) is 1. The average molecular weight is 254 g/mol. The molecule has 1 atom stereocenters. The van der Waals surface area contributed by atoms with Crippen LogP contribution in [0.3, 0.4) is 0 Å². The van der Waals surface area contributed by atoms with Crippen LogP contribution in [-0.2, 0) is 10.3 Å². The Labute approximate surface area is 107 Å². The minimum atomic E-state index is -0.311. The number of ether oxygens (including phenoxy) is 1. The maximum absolute atomic E-state index is 6.24. The Morgan fingerprint density at radius 3 is 2.59 bits per heavy atom. The first kappa shape index (κ1) is 13.0. The number of nitrogens with two attached hydrogens (primary N) is 1. The molecule has 1 aliphatic heterocycles. The molecule has 0 spiro atoms. The van der Waals surface area contributed by atoms with Gasteiger partial charge in [0.2, 0.25) is 0 Å². The molecule has 2 rings (SSSR count). The zero-order chi connectivity index (χ0) is 12.6. The van der Waals surface area contributed by atoms with E-state index in [1.807, 2.05) is 13.8 Å². The molecule has 1 unspecified atom stereocenters. The van der Waals surface area contributed by atoms with Crippen molar-refractivity contribution in [3.63, 3.8) is 0 Å².